The predicted molar refractivity (Wildman–Crippen MR) is 67.5 cm³/mol. The summed E-state index contributed by atoms with van der Waals surface area (Å²) in [5, 5.41) is 22.0. The Labute approximate surface area is 107 Å². The van der Waals surface area contributed by atoms with Crippen LogP contribution < -0.4 is 5.32 Å². The number of hydrogen-bond donors (Lipinski definition) is 3. The van der Waals surface area contributed by atoms with E-state index in [1.54, 1.807) is 6.07 Å². The van der Waals surface area contributed by atoms with Crippen molar-refractivity contribution in [2.75, 3.05) is 6.54 Å². The van der Waals surface area contributed by atoms with E-state index in [0.717, 1.165) is 12.1 Å². The molecule has 18 heavy (non-hydrogen) atoms. The first-order valence-corrected chi connectivity index (χ1v) is 6.59. The summed E-state index contributed by atoms with van der Waals surface area (Å²) in [4.78, 5) is 0. The topological polar surface area (TPSA) is 61.7 Å². The number of hydrogen-bond acceptors (Lipinski definition) is 4. The lowest BCUT2D eigenvalue weighted by molar-refractivity contribution is 0.0924. The minimum absolute atomic E-state index is 0.0578. The highest BCUT2D eigenvalue weighted by molar-refractivity contribution is 5.40. The van der Waals surface area contributed by atoms with Crippen LogP contribution in [0.2, 0.25) is 0 Å². The third-order valence-corrected chi connectivity index (χ3v) is 4.01. The predicted octanol–water partition coefficient (Wildman–Crippen LogP) is 1.75. The van der Waals surface area contributed by atoms with Crippen LogP contribution in [-0.4, -0.2) is 29.0 Å². The van der Waals surface area contributed by atoms with Crippen molar-refractivity contribution in [3.05, 3.63) is 23.8 Å². The molecule has 3 unspecified atom stereocenters. The SMILES string of the molecule is Oc1ccc(CNCC2CC3CCC2O3)cc1O. The van der Waals surface area contributed by atoms with Gasteiger partial charge in [-0.2, -0.15) is 0 Å². The maximum absolute atomic E-state index is 9.40. The van der Waals surface area contributed by atoms with Gasteiger partial charge in [0.2, 0.25) is 0 Å². The van der Waals surface area contributed by atoms with Crippen LogP contribution in [0.25, 0.3) is 0 Å². The summed E-state index contributed by atoms with van der Waals surface area (Å²) in [5.41, 5.74) is 0.981. The molecule has 0 radical (unpaired) electrons. The van der Waals surface area contributed by atoms with Crippen molar-refractivity contribution in [3.8, 4) is 11.5 Å². The summed E-state index contributed by atoms with van der Waals surface area (Å²) in [6.45, 7) is 1.67. The van der Waals surface area contributed by atoms with Crippen LogP contribution in [0.5, 0.6) is 11.5 Å². The number of rotatable bonds is 4. The quantitative estimate of drug-likeness (QED) is 0.711. The van der Waals surface area contributed by atoms with Crippen LogP contribution in [-0.2, 0) is 11.3 Å². The van der Waals surface area contributed by atoms with Gasteiger partial charge in [0.05, 0.1) is 12.2 Å². The van der Waals surface area contributed by atoms with Gasteiger partial charge in [0.15, 0.2) is 11.5 Å². The first-order chi connectivity index (χ1) is 8.72. The van der Waals surface area contributed by atoms with Gasteiger partial charge in [0, 0.05) is 19.0 Å². The van der Waals surface area contributed by atoms with E-state index in [1.807, 2.05) is 6.07 Å². The third kappa shape index (κ3) is 2.31. The summed E-state index contributed by atoms with van der Waals surface area (Å²) >= 11 is 0. The molecule has 2 saturated heterocycles. The molecule has 4 heteroatoms. The highest BCUT2D eigenvalue weighted by Crippen LogP contribution is 2.38. The van der Waals surface area contributed by atoms with Crippen molar-refractivity contribution in [1.29, 1.82) is 0 Å². The fourth-order valence-corrected chi connectivity index (χ4v) is 3.04. The van der Waals surface area contributed by atoms with Gasteiger partial charge >= 0.3 is 0 Å². The lowest BCUT2D eigenvalue weighted by Gasteiger charge is -2.19. The first-order valence-electron chi connectivity index (χ1n) is 6.59. The molecule has 98 valence electrons. The molecule has 2 bridgehead atoms. The Morgan fingerprint density at radius 2 is 2.11 bits per heavy atom. The highest BCUT2D eigenvalue weighted by atomic mass is 16.5. The number of phenolic OH excluding ortho intramolecular Hbond substituents is 2. The van der Waals surface area contributed by atoms with Crippen LogP contribution in [0.4, 0.5) is 0 Å². The summed E-state index contributed by atoms with van der Waals surface area (Å²) in [6.07, 6.45) is 4.57. The summed E-state index contributed by atoms with van der Waals surface area (Å²) in [7, 11) is 0. The van der Waals surface area contributed by atoms with Crippen LogP contribution >= 0.6 is 0 Å². The molecule has 3 N–H and O–H groups in total. The van der Waals surface area contributed by atoms with Gasteiger partial charge < -0.3 is 20.3 Å². The number of phenols is 2. The van der Waals surface area contributed by atoms with Gasteiger partial charge in [-0.15, -0.1) is 0 Å². The van der Waals surface area contributed by atoms with E-state index in [4.69, 9.17) is 4.74 Å². The van der Waals surface area contributed by atoms with Crippen molar-refractivity contribution in [3.63, 3.8) is 0 Å². The summed E-state index contributed by atoms with van der Waals surface area (Å²) < 4.78 is 5.81. The van der Waals surface area contributed by atoms with Crippen LogP contribution in [0.15, 0.2) is 18.2 Å². The summed E-state index contributed by atoms with van der Waals surface area (Å²) in [5.74, 6) is 0.507. The van der Waals surface area contributed by atoms with E-state index in [-0.39, 0.29) is 11.5 Å². The second kappa shape index (κ2) is 4.78. The number of fused-ring (bicyclic) bond motifs is 2. The number of nitrogens with one attached hydrogen (secondary N) is 1. The number of aromatic hydroxyl groups is 2. The zero-order valence-corrected chi connectivity index (χ0v) is 10.3. The molecular weight excluding hydrogens is 230 g/mol. The molecule has 0 saturated carbocycles. The van der Waals surface area contributed by atoms with Gasteiger partial charge in [-0.25, -0.2) is 0 Å². The molecule has 2 fully saturated rings. The fourth-order valence-electron chi connectivity index (χ4n) is 3.04. The van der Waals surface area contributed by atoms with Crippen LogP contribution in [0.1, 0.15) is 24.8 Å². The van der Waals surface area contributed by atoms with Crippen LogP contribution in [0.3, 0.4) is 0 Å². The second-order valence-electron chi connectivity index (χ2n) is 5.32. The Morgan fingerprint density at radius 1 is 1.22 bits per heavy atom. The van der Waals surface area contributed by atoms with E-state index in [9.17, 15) is 10.2 Å². The lowest BCUT2D eigenvalue weighted by atomic mass is 9.89. The minimum atomic E-state index is -0.0692. The maximum atomic E-state index is 9.40. The van der Waals surface area contributed by atoms with Crippen molar-refractivity contribution in [2.45, 2.75) is 38.0 Å². The molecule has 2 aliphatic heterocycles. The molecular formula is C14H19NO3. The molecule has 0 aromatic heterocycles. The van der Waals surface area contributed by atoms with Gasteiger partial charge in [0.1, 0.15) is 0 Å². The van der Waals surface area contributed by atoms with E-state index in [2.05, 4.69) is 5.32 Å². The van der Waals surface area contributed by atoms with Crippen molar-refractivity contribution in [1.82, 2.24) is 5.32 Å². The Hall–Kier alpha value is -1.26. The van der Waals surface area contributed by atoms with E-state index in [0.29, 0.717) is 24.7 Å². The van der Waals surface area contributed by atoms with Crippen molar-refractivity contribution >= 4 is 0 Å². The van der Waals surface area contributed by atoms with Crippen molar-refractivity contribution < 1.29 is 14.9 Å². The van der Waals surface area contributed by atoms with E-state index in [1.165, 1.54) is 25.3 Å². The summed E-state index contributed by atoms with van der Waals surface area (Å²) in [6, 6.07) is 4.94. The average Bonchev–Trinajstić information content (AvgIpc) is 2.96. The zero-order valence-electron chi connectivity index (χ0n) is 10.3. The molecule has 1 aromatic carbocycles. The number of benzene rings is 1. The monoisotopic (exact) mass is 249 g/mol. The van der Waals surface area contributed by atoms with E-state index < -0.39 is 0 Å². The largest absolute Gasteiger partial charge is 0.504 e. The highest BCUT2D eigenvalue weighted by Gasteiger charge is 2.40. The number of ether oxygens (including phenoxy) is 1. The minimum Gasteiger partial charge on any atom is -0.504 e. The van der Waals surface area contributed by atoms with Gasteiger partial charge in [-0.1, -0.05) is 6.07 Å². The Kier molecular flexibility index (Phi) is 3.14. The normalized spacial score (nSPS) is 29.9. The lowest BCUT2D eigenvalue weighted by Crippen LogP contribution is -2.29. The first kappa shape index (κ1) is 11.8. The Bertz CT molecular complexity index is 435. The van der Waals surface area contributed by atoms with Gasteiger partial charge in [-0.05, 0) is 37.0 Å². The molecule has 4 nitrogen and oxygen atoms in total. The molecule has 2 aliphatic rings. The second-order valence-corrected chi connectivity index (χ2v) is 5.32. The molecule has 3 rings (SSSR count). The molecule has 3 atom stereocenters. The van der Waals surface area contributed by atoms with E-state index >= 15 is 0 Å². The molecule has 0 spiro atoms. The Morgan fingerprint density at radius 3 is 2.78 bits per heavy atom. The maximum Gasteiger partial charge on any atom is 0.157 e. The van der Waals surface area contributed by atoms with Gasteiger partial charge in [-0.3, -0.25) is 0 Å². The molecule has 2 heterocycles. The smallest absolute Gasteiger partial charge is 0.157 e. The average molecular weight is 249 g/mol. The molecule has 1 aromatic rings. The zero-order chi connectivity index (χ0) is 12.5. The third-order valence-electron chi connectivity index (χ3n) is 4.01. The van der Waals surface area contributed by atoms with Crippen molar-refractivity contribution in [2.24, 2.45) is 5.92 Å². The molecule has 0 amide bonds. The van der Waals surface area contributed by atoms with Crippen LogP contribution in [0, 0.1) is 5.92 Å². The van der Waals surface area contributed by atoms with Gasteiger partial charge in [0.25, 0.3) is 0 Å². The Balaban J connectivity index is 1.48. The fraction of sp³-hybridized carbons (Fsp3) is 0.571. The molecule has 0 aliphatic carbocycles. The standard InChI is InChI=1S/C14H19NO3/c16-12-3-1-9(5-13(12)17)7-15-8-10-6-11-2-4-14(10)18-11/h1,3,5,10-11,14-17H,2,4,6-8H2.